The minimum absolute atomic E-state index is 0.143. The number of nitrogens with zero attached hydrogens (tertiary/aromatic N) is 1. The molecular weight excluding hydrogens is 466 g/mol. The van der Waals surface area contributed by atoms with Crippen molar-refractivity contribution in [1.29, 1.82) is 0 Å². The Labute approximate surface area is 187 Å². The summed E-state index contributed by atoms with van der Waals surface area (Å²) in [6, 6.07) is 11.7. The van der Waals surface area contributed by atoms with E-state index in [1.165, 1.54) is 4.90 Å². The van der Waals surface area contributed by atoms with Gasteiger partial charge >= 0.3 is 0 Å². The third-order valence-electron chi connectivity index (χ3n) is 5.27. The highest BCUT2D eigenvalue weighted by Crippen LogP contribution is 2.32. The highest BCUT2D eigenvalue weighted by Gasteiger charge is 2.39. The molecule has 2 aliphatic rings. The molecule has 0 spiro atoms. The smallest absolute Gasteiger partial charge is 0.255 e. The van der Waals surface area contributed by atoms with Crippen LogP contribution >= 0.6 is 15.9 Å². The first-order valence-corrected chi connectivity index (χ1v) is 10.7. The van der Waals surface area contributed by atoms with Gasteiger partial charge in [-0.15, -0.1) is 0 Å². The Balaban J connectivity index is 1.39. The Hall–Kier alpha value is -3.20. The van der Waals surface area contributed by atoms with Gasteiger partial charge < -0.3 is 15.0 Å². The van der Waals surface area contributed by atoms with E-state index >= 15 is 0 Å². The quantitative estimate of drug-likeness (QED) is 0.611. The van der Waals surface area contributed by atoms with Gasteiger partial charge in [-0.05, 0) is 42.8 Å². The second kappa shape index (κ2) is 8.89. The van der Waals surface area contributed by atoms with E-state index < -0.39 is 11.9 Å². The lowest BCUT2D eigenvalue weighted by Crippen LogP contribution is -2.52. The number of piperidine rings is 1. The maximum absolute atomic E-state index is 12.8. The summed E-state index contributed by atoms with van der Waals surface area (Å²) in [6.45, 7) is 0.413. The molecule has 9 heteroatoms. The van der Waals surface area contributed by atoms with Gasteiger partial charge in [-0.25, -0.2) is 0 Å². The molecule has 0 radical (unpaired) electrons. The Kier molecular flexibility index (Phi) is 6.03. The summed E-state index contributed by atoms with van der Waals surface area (Å²) in [5, 5.41) is 5.12. The molecule has 2 heterocycles. The number of carbonyl (C=O) groups is 4. The number of imide groups is 1. The summed E-state index contributed by atoms with van der Waals surface area (Å²) in [5.74, 6) is -0.643. The molecule has 2 aromatic rings. The fourth-order valence-corrected chi connectivity index (χ4v) is 3.97. The average molecular weight is 486 g/mol. The maximum atomic E-state index is 12.8. The van der Waals surface area contributed by atoms with Gasteiger partial charge in [0.25, 0.3) is 5.91 Å². The van der Waals surface area contributed by atoms with E-state index in [1.807, 2.05) is 12.1 Å². The number of halogens is 1. The minimum Gasteiger partial charge on any atom is -0.493 e. The lowest BCUT2D eigenvalue weighted by molar-refractivity contribution is -0.137. The lowest BCUT2D eigenvalue weighted by atomic mass is 10.0. The molecule has 1 atom stereocenters. The van der Waals surface area contributed by atoms with Crippen molar-refractivity contribution < 1.29 is 23.9 Å². The number of hydrogen-bond donors (Lipinski definition) is 2. The Morgan fingerprint density at radius 3 is 2.68 bits per heavy atom. The van der Waals surface area contributed by atoms with Crippen LogP contribution in [0.15, 0.2) is 46.9 Å². The zero-order valence-corrected chi connectivity index (χ0v) is 18.1. The number of ether oxygens (including phenoxy) is 1. The molecular formula is C22H20BrN3O5. The van der Waals surface area contributed by atoms with Gasteiger partial charge in [-0.2, -0.15) is 0 Å². The molecule has 31 heavy (non-hydrogen) atoms. The normalized spacial score (nSPS) is 17.9. The summed E-state index contributed by atoms with van der Waals surface area (Å²) in [4.78, 5) is 50.3. The highest BCUT2D eigenvalue weighted by atomic mass is 79.9. The number of anilines is 1. The predicted molar refractivity (Wildman–Crippen MR) is 115 cm³/mol. The maximum Gasteiger partial charge on any atom is 0.255 e. The first kappa shape index (κ1) is 21.0. The lowest BCUT2D eigenvalue weighted by Gasteiger charge is -2.29. The van der Waals surface area contributed by atoms with Crippen molar-refractivity contribution in [2.24, 2.45) is 0 Å². The summed E-state index contributed by atoms with van der Waals surface area (Å²) >= 11 is 3.35. The van der Waals surface area contributed by atoms with Crippen LogP contribution in [-0.2, 0) is 20.9 Å². The Bertz CT molecular complexity index is 1050. The van der Waals surface area contributed by atoms with Gasteiger partial charge in [0.05, 0.1) is 13.0 Å². The van der Waals surface area contributed by atoms with E-state index in [0.717, 1.165) is 4.47 Å². The number of rotatable bonds is 6. The number of benzene rings is 2. The van der Waals surface area contributed by atoms with Crippen molar-refractivity contribution in [3.63, 3.8) is 0 Å². The van der Waals surface area contributed by atoms with Crippen molar-refractivity contribution in [1.82, 2.24) is 10.2 Å². The molecule has 0 aliphatic carbocycles. The van der Waals surface area contributed by atoms with E-state index in [9.17, 15) is 19.2 Å². The molecule has 2 N–H and O–H groups in total. The largest absolute Gasteiger partial charge is 0.493 e. The molecule has 0 aromatic heterocycles. The monoisotopic (exact) mass is 485 g/mol. The van der Waals surface area contributed by atoms with Crippen LogP contribution in [0.2, 0.25) is 0 Å². The minimum atomic E-state index is -0.694. The van der Waals surface area contributed by atoms with Crippen LogP contribution in [0.1, 0.15) is 35.2 Å². The van der Waals surface area contributed by atoms with Gasteiger partial charge in [0.1, 0.15) is 11.8 Å². The molecule has 1 fully saturated rings. The number of fused-ring (bicyclic) bond motifs is 1. The standard InChI is InChI=1S/C22H20BrN3O5/c23-13-4-6-14(7-5-13)31-11-10-20(28)24-17-3-1-2-15-16(17)12-26(22(15)30)18-8-9-19(27)25-21(18)29/h1-7,18H,8-12H2,(H,24,28)(H,25,27,29). The summed E-state index contributed by atoms with van der Waals surface area (Å²) in [5.41, 5.74) is 1.65. The fraction of sp³-hybridized carbons (Fsp3) is 0.273. The molecule has 4 amide bonds. The third kappa shape index (κ3) is 4.61. The van der Waals surface area contributed by atoms with Crippen LogP contribution in [0.3, 0.4) is 0 Å². The van der Waals surface area contributed by atoms with Gasteiger partial charge in [-0.1, -0.05) is 22.0 Å². The highest BCUT2D eigenvalue weighted by molar-refractivity contribution is 9.10. The molecule has 4 rings (SSSR count). The second-order valence-corrected chi connectivity index (χ2v) is 8.25. The van der Waals surface area contributed by atoms with E-state index in [1.54, 1.807) is 30.3 Å². The molecule has 2 aliphatic heterocycles. The van der Waals surface area contributed by atoms with Crippen molar-refractivity contribution in [3.8, 4) is 5.75 Å². The summed E-state index contributed by atoms with van der Waals surface area (Å²) in [7, 11) is 0. The van der Waals surface area contributed by atoms with Gasteiger partial charge in [0.15, 0.2) is 0 Å². The van der Waals surface area contributed by atoms with E-state index in [2.05, 4.69) is 26.6 Å². The molecule has 8 nitrogen and oxygen atoms in total. The number of amides is 4. The zero-order valence-electron chi connectivity index (χ0n) is 16.5. The second-order valence-electron chi connectivity index (χ2n) is 7.33. The SMILES string of the molecule is O=C1CCC(N2Cc3c(NC(=O)CCOc4ccc(Br)cc4)cccc3C2=O)C(=O)N1. The van der Waals surface area contributed by atoms with Crippen molar-refractivity contribution in [3.05, 3.63) is 58.1 Å². The molecule has 0 bridgehead atoms. The van der Waals surface area contributed by atoms with Gasteiger partial charge in [0.2, 0.25) is 17.7 Å². The fourth-order valence-electron chi connectivity index (χ4n) is 3.71. The Morgan fingerprint density at radius 1 is 1.16 bits per heavy atom. The van der Waals surface area contributed by atoms with E-state index in [-0.39, 0.29) is 43.7 Å². The van der Waals surface area contributed by atoms with Crippen LogP contribution in [0.5, 0.6) is 5.75 Å². The van der Waals surface area contributed by atoms with Crippen molar-refractivity contribution >= 4 is 45.2 Å². The van der Waals surface area contributed by atoms with E-state index in [4.69, 9.17) is 4.74 Å². The first-order chi connectivity index (χ1) is 14.9. The predicted octanol–water partition coefficient (Wildman–Crippen LogP) is 2.62. The summed E-state index contributed by atoms with van der Waals surface area (Å²) in [6.07, 6.45) is 0.627. The molecule has 160 valence electrons. The van der Waals surface area contributed by atoms with Crippen molar-refractivity contribution in [2.75, 3.05) is 11.9 Å². The molecule has 1 unspecified atom stereocenters. The summed E-state index contributed by atoms with van der Waals surface area (Å²) < 4.78 is 6.52. The zero-order chi connectivity index (χ0) is 22.0. The number of nitrogens with one attached hydrogen (secondary N) is 2. The number of hydrogen-bond acceptors (Lipinski definition) is 5. The van der Waals surface area contributed by atoms with Crippen LogP contribution in [0, 0.1) is 0 Å². The first-order valence-electron chi connectivity index (χ1n) is 9.87. The van der Waals surface area contributed by atoms with Crippen LogP contribution in [-0.4, -0.2) is 41.2 Å². The molecule has 2 aromatic carbocycles. The van der Waals surface area contributed by atoms with Crippen molar-refractivity contribution in [2.45, 2.75) is 31.8 Å². The Morgan fingerprint density at radius 2 is 1.94 bits per heavy atom. The van der Waals surface area contributed by atoms with Crippen LogP contribution < -0.4 is 15.4 Å². The average Bonchev–Trinajstić information content (AvgIpc) is 3.07. The van der Waals surface area contributed by atoms with E-state index in [0.29, 0.717) is 29.0 Å². The van der Waals surface area contributed by atoms with Crippen LogP contribution in [0.4, 0.5) is 5.69 Å². The van der Waals surface area contributed by atoms with Gasteiger partial charge in [0, 0.05) is 34.3 Å². The third-order valence-corrected chi connectivity index (χ3v) is 5.80. The topological polar surface area (TPSA) is 105 Å². The number of carbonyl (C=O) groups excluding carboxylic acids is 4. The van der Waals surface area contributed by atoms with Crippen LogP contribution in [0.25, 0.3) is 0 Å². The molecule has 0 saturated carbocycles. The molecule has 1 saturated heterocycles. The van der Waals surface area contributed by atoms with Gasteiger partial charge in [-0.3, -0.25) is 24.5 Å².